The van der Waals surface area contributed by atoms with Crippen molar-refractivity contribution >= 4 is 11.5 Å². The topological polar surface area (TPSA) is 21.1 Å². The highest BCUT2D eigenvalue weighted by Gasteiger charge is 2.28. The molecule has 0 spiro atoms. The fourth-order valence-corrected chi connectivity index (χ4v) is 4.08. The highest BCUT2D eigenvalue weighted by Crippen LogP contribution is 2.39. The second kappa shape index (κ2) is 5.45. The van der Waals surface area contributed by atoms with E-state index >= 15 is 0 Å². The molecule has 0 amide bonds. The lowest BCUT2D eigenvalue weighted by Crippen LogP contribution is -2.26. The summed E-state index contributed by atoms with van der Waals surface area (Å²) in [7, 11) is 2.08. The molecular formula is C19H27N3. The molecule has 0 radical (unpaired) electrons. The molecule has 0 atom stereocenters. The number of hydrogen-bond acceptors (Lipinski definition) is 2. The van der Waals surface area contributed by atoms with Crippen LogP contribution in [0.3, 0.4) is 0 Å². The fourth-order valence-electron chi connectivity index (χ4n) is 4.08. The van der Waals surface area contributed by atoms with E-state index in [9.17, 15) is 0 Å². The number of nitrogens with zero attached hydrogens (tertiary/aromatic N) is 3. The largest absolute Gasteiger partial charge is 0.324 e. The summed E-state index contributed by atoms with van der Waals surface area (Å²) in [5, 5.41) is 4.88. The van der Waals surface area contributed by atoms with E-state index in [2.05, 4.69) is 63.4 Å². The van der Waals surface area contributed by atoms with Crippen molar-refractivity contribution < 1.29 is 0 Å². The lowest BCUT2D eigenvalue weighted by molar-refractivity contribution is 0.665. The van der Waals surface area contributed by atoms with Crippen molar-refractivity contribution in [2.24, 2.45) is 7.05 Å². The Hall–Kier alpha value is -1.77. The van der Waals surface area contributed by atoms with Crippen LogP contribution in [0.4, 0.5) is 11.5 Å². The molecule has 22 heavy (non-hydrogen) atoms. The Balaban J connectivity index is 2.16. The molecule has 3 heteroatoms. The third kappa shape index (κ3) is 2.33. The van der Waals surface area contributed by atoms with Crippen molar-refractivity contribution in [2.45, 2.75) is 53.4 Å². The van der Waals surface area contributed by atoms with Gasteiger partial charge >= 0.3 is 0 Å². The van der Waals surface area contributed by atoms with Crippen LogP contribution in [-0.2, 0) is 13.5 Å². The molecule has 1 aromatic carbocycles. The molecule has 2 aromatic rings. The molecule has 3 nitrogen and oxygen atoms in total. The fraction of sp³-hybridized carbons (Fsp3) is 0.526. The molecule has 118 valence electrons. The zero-order valence-electron chi connectivity index (χ0n) is 14.7. The predicted octanol–water partition coefficient (Wildman–Crippen LogP) is 4.55. The first-order valence-electron chi connectivity index (χ1n) is 8.31. The van der Waals surface area contributed by atoms with Gasteiger partial charge in [-0.1, -0.05) is 31.5 Å². The Labute approximate surface area is 133 Å². The molecule has 1 aromatic heterocycles. The Morgan fingerprint density at radius 2 is 1.73 bits per heavy atom. The molecular weight excluding hydrogens is 270 g/mol. The minimum Gasteiger partial charge on any atom is -0.324 e. The van der Waals surface area contributed by atoms with Gasteiger partial charge in [0.05, 0.1) is 0 Å². The van der Waals surface area contributed by atoms with Crippen LogP contribution < -0.4 is 4.90 Å². The quantitative estimate of drug-likeness (QED) is 0.810. The smallest absolute Gasteiger partial charge is 0.158 e. The van der Waals surface area contributed by atoms with Gasteiger partial charge in [-0.15, -0.1) is 0 Å². The molecule has 0 fully saturated rings. The van der Waals surface area contributed by atoms with Crippen molar-refractivity contribution in [1.82, 2.24) is 9.78 Å². The van der Waals surface area contributed by atoms with Gasteiger partial charge in [-0.25, -0.2) is 0 Å². The number of aryl methyl sites for hydroxylation is 4. The normalized spacial score (nSPS) is 14.6. The summed E-state index contributed by atoms with van der Waals surface area (Å²) < 4.78 is 2.09. The average molecular weight is 297 g/mol. The van der Waals surface area contributed by atoms with E-state index in [0.717, 1.165) is 13.0 Å². The monoisotopic (exact) mass is 297 g/mol. The molecule has 1 aliphatic heterocycles. The molecule has 2 heterocycles. The van der Waals surface area contributed by atoms with Gasteiger partial charge in [-0.05, 0) is 50.7 Å². The maximum Gasteiger partial charge on any atom is 0.158 e. The zero-order valence-corrected chi connectivity index (χ0v) is 14.7. The summed E-state index contributed by atoms with van der Waals surface area (Å²) in [4.78, 5) is 2.44. The summed E-state index contributed by atoms with van der Waals surface area (Å²) in [5.41, 5.74) is 8.22. The van der Waals surface area contributed by atoms with Crippen molar-refractivity contribution in [3.63, 3.8) is 0 Å². The van der Waals surface area contributed by atoms with E-state index in [-0.39, 0.29) is 0 Å². The highest BCUT2D eigenvalue weighted by atomic mass is 15.4. The number of rotatable bonds is 2. The SMILES string of the molecule is Cc1cc(C)c(N2CCCc3c2nn(C)c3C(C)C)c(C)c1. The van der Waals surface area contributed by atoms with Crippen LogP contribution in [0.2, 0.25) is 0 Å². The van der Waals surface area contributed by atoms with Crippen molar-refractivity contribution in [3.05, 3.63) is 40.1 Å². The van der Waals surface area contributed by atoms with Gasteiger partial charge in [0.2, 0.25) is 0 Å². The van der Waals surface area contributed by atoms with Crippen LogP contribution in [-0.4, -0.2) is 16.3 Å². The first-order chi connectivity index (χ1) is 10.4. The van der Waals surface area contributed by atoms with Crippen molar-refractivity contribution in [3.8, 4) is 0 Å². The van der Waals surface area contributed by atoms with Gasteiger partial charge in [-0.3, -0.25) is 4.68 Å². The number of anilines is 2. The van der Waals surface area contributed by atoms with E-state index in [0.29, 0.717) is 5.92 Å². The number of aromatic nitrogens is 2. The zero-order chi connectivity index (χ0) is 16.0. The molecule has 0 bridgehead atoms. The molecule has 0 aliphatic carbocycles. The van der Waals surface area contributed by atoms with Gasteiger partial charge in [0.1, 0.15) is 0 Å². The summed E-state index contributed by atoms with van der Waals surface area (Å²) >= 11 is 0. The number of benzene rings is 1. The lowest BCUT2D eigenvalue weighted by atomic mass is 9.96. The van der Waals surface area contributed by atoms with Crippen LogP contribution in [0.25, 0.3) is 0 Å². The second-order valence-electron chi connectivity index (χ2n) is 6.97. The van der Waals surface area contributed by atoms with Gasteiger partial charge < -0.3 is 4.90 Å². The van der Waals surface area contributed by atoms with E-state index in [1.807, 2.05) is 0 Å². The highest BCUT2D eigenvalue weighted by molar-refractivity contribution is 5.71. The summed E-state index contributed by atoms with van der Waals surface area (Å²) in [6.07, 6.45) is 2.35. The predicted molar refractivity (Wildman–Crippen MR) is 93.3 cm³/mol. The van der Waals surface area contributed by atoms with Crippen molar-refractivity contribution in [2.75, 3.05) is 11.4 Å². The van der Waals surface area contributed by atoms with Crippen LogP contribution in [0.1, 0.15) is 54.1 Å². The molecule has 0 saturated heterocycles. The van der Waals surface area contributed by atoms with Crippen LogP contribution in [0.5, 0.6) is 0 Å². The second-order valence-corrected chi connectivity index (χ2v) is 6.97. The summed E-state index contributed by atoms with van der Waals surface area (Å²) in [6, 6.07) is 4.56. The summed E-state index contributed by atoms with van der Waals surface area (Å²) in [5.74, 6) is 1.69. The van der Waals surface area contributed by atoms with Gasteiger partial charge in [-0.2, -0.15) is 5.10 Å². The Morgan fingerprint density at radius 1 is 1.09 bits per heavy atom. The van der Waals surface area contributed by atoms with Gasteiger partial charge in [0.15, 0.2) is 5.82 Å². The molecule has 0 N–H and O–H groups in total. The maximum absolute atomic E-state index is 4.88. The standard InChI is InChI=1S/C19H27N3/c1-12(2)17-16-8-7-9-22(19(16)20-21(17)6)18-14(4)10-13(3)11-15(18)5/h10-12H,7-9H2,1-6H3. The van der Waals surface area contributed by atoms with Crippen LogP contribution in [0, 0.1) is 20.8 Å². The molecule has 0 unspecified atom stereocenters. The minimum atomic E-state index is 0.515. The first kappa shape index (κ1) is 15.1. The molecule has 0 saturated carbocycles. The van der Waals surface area contributed by atoms with Crippen molar-refractivity contribution in [1.29, 1.82) is 0 Å². The average Bonchev–Trinajstić information content (AvgIpc) is 2.74. The molecule has 1 aliphatic rings. The third-order valence-corrected chi connectivity index (χ3v) is 4.69. The summed E-state index contributed by atoms with van der Waals surface area (Å²) in [6.45, 7) is 12.2. The number of hydrogen-bond donors (Lipinski definition) is 0. The van der Waals surface area contributed by atoms with Gasteiger partial charge in [0.25, 0.3) is 0 Å². The van der Waals surface area contributed by atoms with Crippen LogP contribution >= 0.6 is 0 Å². The third-order valence-electron chi connectivity index (χ3n) is 4.69. The number of fused-ring (bicyclic) bond motifs is 1. The lowest BCUT2D eigenvalue weighted by Gasteiger charge is -2.31. The Morgan fingerprint density at radius 3 is 2.32 bits per heavy atom. The first-order valence-corrected chi connectivity index (χ1v) is 8.31. The van der Waals surface area contributed by atoms with Gasteiger partial charge in [0, 0.05) is 30.5 Å². The van der Waals surface area contributed by atoms with E-state index < -0.39 is 0 Å². The van der Waals surface area contributed by atoms with E-state index in [1.165, 1.54) is 45.9 Å². The molecule has 3 rings (SSSR count). The van der Waals surface area contributed by atoms with Crippen LogP contribution in [0.15, 0.2) is 12.1 Å². The Kier molecular flexibility index (Phi) is 3.75. The van der Waals surface area contributed by atoms with E-state index in [1.54, 1.807) is 0 Å². The minimum absolute atomic E-state index is 0.515. The Bertz CT molecular complexity index is 687. The van der Waals surface area contributed by atoms with E-state index in [4.69, 9.17) is 5.10 Å². The maximum atomic E-state index is 4.88.